The molecule has 0 spiro atoms. The van der Waals surface area contributed by atoms with E-state index in [2.05, 4.69) is 10.5 Å². The molecule has 0 bridgehead atoms. The summed E-state index contributed by atoms with van der Waals surface area (Å²) in [5.41, 5.74) is 3.53. The molecule has 0 aromatic heterocycles. The summed E-state index contributed by atoms with van der Waals surface area (Å²) in [5.74, 6) is 0.0817. The fraction of sp³-hybridized carbons (Fsp3) is 0.0741. The van der Waals surface area contributed by atoms with Gasteiger partial charge in [0.05, 0.1) is 36.0 Å². The quantitative estimate of drug-likeness (QED) is 0.136. The topological polar surface area (TPSA) is 86.2 Å². The maximum atomic E-state index is 12.9. The van der Waals surface area contributed by atoms with E-state index in [1.54, 1.807) is 18.2 Å². The van der Waals surface area contributed by atoms with Crippen molar-refractivity contribution in [2.45, 2.75) is 0 Å². The van der Waals surface area contributed by atoms with Gasteiger partial charge >= 0.3 is 5.97 Å². The van der Waals surface area contributed by atoms with Crippen LogP contribution in [0.4, 0.5) is 0 Å². The van der Waals surface area contributed by atoms with E-state index < -0.39 is 11.9 Å². The summed E-state index contributed by atoms with van der Waals surface area (Å²) < 4.78 is 16.2. The Hall–Kier alpha value is -4.07. The molecule has 1 N–H and O–H groups in total. The third-order valence-corrected chi connectivity index (χ3v) is 6.03. The van der Waals surface area contributed by atoms with Crippen molar-refractivity contribution in [1.82, 2.24) is 5.43 Å². The van der Waals surface area contributed by atoms with E-state index in [0.717, 1.165) is 10.8 Å². The van der Waals surface area contributed by atoms with E-state index in [1.807, 2.05) is 30.3 Å². The van der Waals surface area contributed by atoms with Gasteiger partial charge in [-0.2, -0.15) is 5.10 Å². The highest BCUT2D eigenvalue weighted by atomic mass is 35.5. The number of esters is 1. The molecule has 0 aliphatic heterocycles. The highest BCUT2D eigenvalue weighted by Gasteiger charge is 2.16. The molecule has 7 nitrogen and oxygen atoms in total. The monoisotopic (exact) mass is 522 g/mol. The van der Waals surface area contributed by atoms with Crippen LogP contribution in [0.5, 0.6) is 17.2 Å². The van der Waals surface area contributed by atoms with Crippen molar-refractivity contribution < 1.29 is 23.8 Å². The lowest BCUT2D eigenvalue weighted by molar-refractivity contribution is 0.0734. The van der Waals surface area contributed by atoms with E-state index in [-0.39, 0.29) is 16.3 Å². The SMILES string of the molecule is COc1ccc(C(=O)Oc2ccc3ccccc3c2/C=N\NC(=O)c2ccc(Cl)c(Cl)c2)cc1OC. The van der Waals surface area contributed by atoms with Gasteiger partial charge in [0.2, 0.25) is 0 Å². The molecule has 0 unspecified atom stereocenters. The molecule has 0 fully saturated rings. The normalized spacial score (nSPS) is 10.9. The van der Waals surface area contributed by atoms with Crippen molar-refractivity contribution >= 4 is 52.1 Å². The van der Waals surface area contributed by atoms with E-state index >= 15 is 0 Å². The lowest BCUT2D eigenvalue weighted by Crippen LogP contribution is -2.17. The van der Waals surface area contributed by atoms with Crippen LogP contribution in [0.25, 0.3) is 10.8 Å². The summed E-state index contributed by atoms with van der Waals surface area (Å²) in [6, 6.07) is 20.3. The number of hydrogen-bond acceptors (Lipinski definition) is 6. The molecule has 4 aromatic rings. The van der Waals surface area contributed by atoms with Crippen molar-refractivity contribution in [3.8, 4) is 17.2 Å². The number of fused-ring (bicyclic) bond motifs is 1. The first-order chi connectivity index (χ1) is 17.4. The van der Waals surface area contributed by atoms with Gasteiger partial charge in [0.1, 0.15) is 5.75 Å². The number of nitrogens with zero attached hydrogens (tertiary/aromatic N) is 1. The first-order valence-corrected chi connectivity index (χ1v) is 11.4. The fourth-order valence-electron chi connectivity index (χ4n) is 3.48. The lowest BCUT2D eigenvalue weighted by Gasteiger charge is -2.12. The van der Waals surface area contributed by atoms with Gasteiger partial charge in [-0.25, -0.2) is 10.2 Å². The van der Waals surface area contributed by atoms with Gasteiger partial charge in [0, 0.05) is 11.1 Å². The molecule has 0 aliphatic rings. The average Bonchev–Trinajstić information content (AvgIpc) is 2.90. The smallest absolute Gasteiger partial charge is 0.343 e. The van der Waals surface area contributed by atoms with Crippen LogP contribution in [0.3, 0.4) is 0 Å². The molecule has 0 radical (unpaired) electrons. The summed E-state index contributed by atoms with van der Waals surface area (Å²) in [5, 5.41) is 6.36. The highest BCUT2D eigenvalue weighted by Crippen LogP contribution is 2.30. The molecule has 0 saturated carbocycles. The summed E-state index contributed by atoms with van der Waals surface area (Å²) in [6.07, 6.45) is 1.43. The number of amides is 1. The van der Waals surface area contributed by atoms with Gasteiger partial charge in [0.15, 0.2) is 11.5 Å². The van der Waals surface area contributed by atoms with Crippen LogP contribution in [0.1, 0.15) is 26.3 Å². The number of halogens is 2. The molecule has 1 amide bonds. The Kier molecular flexibility index (Phi) is 7.73. The Morgan fingerprint density at radius 3 is 2.28 bits per heavy atom. The number of nitrogens with one attached hydrogen (secondary N) is 1. The molecule has 4 aromatic carbocycles. The number of carbonyl (C=O) groups excluding carboxylic acids is 2. The van der Waals surface area contributed by atoms with Gasteiger partial charge in [-0.3, -0.25) is 4.79 Å². The zero-order valence-corrected chi connectivity index (χ0v) is 20.8. The van der Waals surface area contributed by atoms with E-state index in [0.29, 0.717) is 27.6 Å². The molecule has 4 rings (SSSR count). The van der Waals surface area contributed by atoms with Crippen molar-refractivity contribution in [3.63, 3.8) is 0 Å². The second kappa shape index (κ2) is 11.1. The molecule has 0 saturated heterocycles. The van der Waals surface area contributed by atoms with Crippen molar-refractivity contribution in [1.29, 1.82) is 0 Å². The third kappa shape index (κ3) is 5.43. The molecule has 182 valence electrons. The predicted octanol–water partition coefficient (Wildman–Crippen LogP) is 6.15. The predicted molar refractivity (Wildman–Crippen MR) is 140 cm³/mol. The van der Waals surface area contributed by atoms with Crippen LogP contribution in [0, 0.1) is 0 Å². The van der Waals surface area contributed by atoms with Crippen LogP contribution in [0.15, 0.2) is 77.9 Å². The first kappa shape index (κ1) is 25.0. The van der Waals surface area contributed by atoms with Crippen molar-refractivity contribution in [2.24, 2.45) is 5.10 Å². The maximum absolute atomic E-state index is 12.9. The zero-order chi connectivity index (χ0) is 25.7. The molecule has 9 heteroatoms. The molecular formula is C27H20Cl2N2O5. The Morgan fingerprint density at radius 2 is 1.53 bits per heavy atom. The average molecular weight is 523 g/mol. The van der Waals surface area contributed by atoms with Gasteiger partial charge in [0.25, 0.3) is 5.91 Å². The molecule has 0 heterocycles. The second-order valence-corrected chi connectivity index (χ2v) is 8.30. The van der Waals surface area contributed by atoms with Crippen molar-refractivity contribution in [2.75, 3.05) is 14.2 Å². The standard InChI is InChI=1S/C27H20Cl2N2O5/c1-34-24-12-9-18(14-25(24)35-2)27(33)36-23-11-8-16-5-3-4-6-19(16)20(23)15-30-31-26(32)17-7-10-21(28)22(29)13-17/h3-15H,1-2H3,(H,31,32)/b30-15-. The maximum Gasteiger partial charge on any atom is 0.343 e. The Labute approximate surface area is 217 Å². The Balaban J connectivity index is 1.62. The van der Waals surface area contributed by atoms with Gasteiger partial charge < -0.3 is 14.2 Å². The number of methoxy groups -OCH3 is 2. The Morgan fingerprint density at radius 1 is 0.806 bits per heavy atom. The van der Waals surface area contributed by atoms with Gasteiger partial charge in [-0.1, -0.05) is 53.5 Å². The fourth-order valence-corrected chi connectivity index (χ4v) is 3.78. The number of hydrogen-bond donors (Lipinski definition) is 1. The molecule has 36 heavy (non-hydrogen) atoms. The van der Waals surface area contributed by atoms with Gasteiger partial charge in [-0.15, -0.1) is 0 Å². The van der Waals surface area contributed by atoms with Crippen LogP contribution in [-0.4, -0.2) is 32.3 Å². The number of rotatable bonds is 7. The van der Waals surface area contributed by atoms with Crippen LogP contribution < -0.4 is 19.6 Å². The minimum atomic E-state index is -0.597. The van der Waals surface area contributed by atoms with E-state index in [1.165, 1.54) is 44.7 Å². The minimum absolute atomic E-state index is 0.256. The van der Waals surface area contributed by atoms with E-state index in [4.69, 9.17) is 37.4 Å². The summed E-state index contributed by atoms with van der Waals surface area (Å²) in [7, 11) is 2.99. The molecular weight excluding hydrogens is 503 g/mol. The number of carbonyl (C=O) groups is 2. The van der Waals surface area contributed by atoms with Crippen LogP contribution >= 0.6 is 23.2 Å². The summed E-state index contributed by atoms with van der Waals surface area (Å²) in [4.78, 5) is 25.4. The van der Waals surface area contributed by atoms with E-state index in [9.17, 15) is 9.59 Å². The highest BCUT2D eigenvalue weighted by molar-refractivity contribution is 6.42. The van der Waals surface area contributed by atoms with Crippen molar-refractivity contribution in [3.05, 3.63) is 99.5 Å². The number of benzene rings is 4. The lowest BCUT2D eigenvalue weighted by atomic mass is 10.0. The third-order valence-electron chi connectivity index (χ3n) is 5.29. The number of ether oxygens (including phenoxy) is 3. The zero-order valence-electron chi connectivity index (χ0n) is 19.2. The van der Waals surface area contributed by atoms with Gasteiger partial charge in [-0.05, 0) is 53.2 Å². The summed E-state index contributed by atoms with van der Waals surface area (Å²) in [6.45, 7) is 0. The van der Waals surface area contributed by atoms with Crippen LogP contribution in [0.2, 0.25) is 10.0 Å². The first-order valence-electron chi connectivity index (χ1n) is 10.7. The second-order valence-electron chi connectivity index (χ2n) is 7.49. The van der Waals surface area contributed by atoms with Crippen LogP contribution in [-0.2, 0) is 0 Å². The minimum Gasteiger partial charge on any atom is -0.493 e. The molecule has 0 atom stereocenters. The largest absolute Gasteiger partial charge is 0.493 e. The Bertz CT molecular complexity index is 1490. The molecule has 0 aliphatic carbocycles. The summed E-state index contributed by atoms with van der Waals surface area (Å²) >= 11 is 11.9. The number of hydrazone groups is 1.